The Morgan fingerprint density at radius 2 is 1.89 bits per heavy atom. The highest BCUT2D eigenvalue weighted by Gasteiger charge is 2.31. The maximum absolute atomic E-state index is 13.1. The summed E-state index contributed by atoms with van der Waals surface area (Å²) in [6.45, 7) is 0. The lowest BCUT2D eigenvalue weighted by atomic mass is 9.92. The fraction of sp³-hybridized carbons (Fsp3) is 0.400. The molecule has 0 bridgehead atoms. The Kier molecular flexibility index (Phi) is 3.23. The molecule has 1 aromatic rings. The van der Waals surface area contributed by atoms with Crippen molar-refractivity contribution in [1.29, 1.82) is 0 Å². The van der Waals surface area contributed by atoms with E-state index in [0.29, 0.717) is 17.6 Å². The molecule has 0 unspecified atom stereocenters. The molecule has 0 amide bonds. The molecule has 19 heavy (non-hydrogen) atoms. The molecule has 2 fully saturated rings. The number of allylic oxidation sites excluding steroid dienone is 1. The Morgan fingerprint density at radius 3 is 2.53 bits per heavy atom. The SMILES string of the molecule is O=C(C=C1N[C@H]2CCCC[C@@H]2N1)c1cccc(F)c1. The van der Waals surface area contributed by atoms with E-state index >= 15 is 0 Å². The molecule has 2 N–H and O–H groups in total. The summed E-state index contributed by atoms with van der Waals surface area (Å²) in [6, 6.07) is 6.65. The van der Waals surface area contributed by atoms with Crippen molar-refractivity contribution in [1.82, 2.24) is 10.6 Å². The van der Waals surface area contributed by atoms with E-state index in [1.54, 1.807) is 12.1 Å². The number of ketones is 1. The molecule has 1 aliphatic heterocycles. The van der Waals surface area contributed by atoms with Gasteiger partial charge in [-0.25, -0.2) is 4.39 Å². The van der Waals surface area contributed by atoms with Crippen LogP contribution in [-0.2, 0) is 0 Å². The van der Waals surface area contributed by atoms with Gasteiger partial charge in [-0.15, -0.1) is 0 Å². The summed E-state index contributed by atoms with van der Waals surface area (Å²) in [5, 5.41) is 6.69. The highest BCUT2D eigenvalue weighted by atomic mass is 19.1. The third-order valence-corrected chi connectivity index (χ3v) is 3.83. The minimum Gasteiger partial charge on any atom is -0.367 e. The van der Waals surface area contributed by atoms with Crippen molar-refractivity contribution in [2.24, 2.45) is 0 Å². The number of hydrogen-bond donors (Lipinski definition) is 2. The van der Waals surface area contributed by atoms with Gasteiger partial charge in [-0.2, -0.15) is 0 Å². The van der Waals surface area contributed by atoms with Crippen molar-refractivity contribution in [2.45, 2.75) is 37.8 Å². The molecule has 4 heteroatoms. The lowest BCUT2D eigenvalue weighted by Crippen LogP contribution is -2.36. The smallest absolute Gasteiger partial charge is 0.189 e. The largest absolute Gasteiger partial charge is 0.367 e. The van der Waals surface area contributed by atoms with Gasteiger partial charge in [0.05, 0.1) is 0 Å². The lowest BCUT2D eigenvalue weighted by Gasteiger charge is -2.23. The predicted molar refractivity (Wildman–Crippen MR) is 71.1 cm³/mol. The monoisotopic (exact) mass is 260 g/mol. The second kappa shape index (κ2) is 5.03. The van der Waals surface area contributed by atoms with E-state index in [0.717, 1.165) is 18.7 Å². The molecule has 0 aromatic heterocycles. The quantitative estimate of drug-likeness (QED) is 0.633. The highest BCUT2D eigenvalue weighted by molar-refractivity contribution is 6.04. The van der Waals surface area contributed by atoms with Crippen LogP contribution in [0.15, 0.2) is 36.2 Å². The maximum Gasteiger partial charge on any atom is 0.189 e. The summed E-state index contributed by atoms with van der Waals surface area (Å²) in [4.78, 5) is 12.0. The molecule has 3 rings (SSSR count). The van der Waals surface area contributed by atoms with E-state index < -0.39 is 0 Å². The van der Waals surface area contributed by atoms with Crippen LogP contribution in [0, 0.1) is 5.82 Å². The third kappa shape index (κ3) is 2.62. The van der Waals surface area contributed by atoms with Crippen molar-refractivity contribution < 1.29 is 9.18 Å². The molecule has 2 atom stereocenters. The molecule has 1 aliphatic carbocycles. The summed E-state index contributed by atoms with van der Waals surface area (Å²) in [5.41, 5.74) is 0.381. The first-order valence-corrected chi connectivity index (χ1v) is 6.77. The second-order valence-electron chi connectivity index (χ2n) is 5.22. The maximum atomic E-state index is 13.1. The zero-order chi connectivity index (χ0) is 13.2. The van der Waals surface area contributed by atoms with Gasteiger partial charge in [0.15, 0.2) is 5.78 Å². The van der Waals surface area contributed by atoms with Gasteiger partial charge < -0.3 is 10.6 Å². The number of carbonyl (C=O) groups is 1. The predicted octanol–water partition coefficient (Wildman–Crippen LogP) is 2.35. The average Bonchev–Trinajstić information content (AvgIpc) is 2.80. The molecule has 2 aliphatic rings. The van der Waals surface area contributed by atoms with E-state index in [4.69, 9.17) is 0 Å². The van der Waals surface area contributed by atoms with Crippen molar-refractivity contribution in [3.63, 3.8) is 0 Å². The molecule has 1 aromatic carbocycles. The van der Waals surface area contributed by atoms with Crippen LogP contribution in [-0.4, -0.2) is 17.9 Å². The first-order chi connectivity index (χ1) is 9.22. The Balaban J connectivity index is 1.74. The standard InChI is InChI=1S/C15H17FN2O/c16-11-5-3-4-10(8-11)14(19)9-15-17-12-6-1-2-7-13(12)18-15/h3-5,8-9,12-13,17-18H,1-2,6-7H2/t12-,13-/m0/s1. The van der Waals surface area contributed by atoms with Crippen LogP contribution in [0.5, 0.6) is 0 Å². The van der Waals surface area contributed by atoms with E-state index in [1.807, 2.05) is 0 Å². The van der Waals surface area contributed by atoms with Gasteiger partial charge in [-0.3, -0.25) is 4.79 Å². The first kappa shape index (κ1) is 12.2. The minimum atomic E-state index is -0.384. The number of halogens is 1. The van der Waals surface area contributed by atoms with Gasteiger partial charge in [-0.1, -0.05) is 25.0 Å². The van der Waals surface area contributed by atoms with Crippen molar-refractivity contribution in [3.05, 3.63) is 47.5 Å². The molecule has 100 valence electrons. The molecular weight excluding hydrogens is 243 g/mol. The highest BCUT2D eigenvalue weighted by Crippen LogP contribution is 2.23. The summed E-state index contributed by atoms with van der Waals surface area (Å²) < 4.78 is 13.1. The Hall–Kier alpha value is -1.84. The molecule has 1 heterocycles. The molecular formula is C15H17FN2O. The Labute approximate surface area is 111 Å². The fourth-order valence-electron chi connectivity index (χ4n) is 2.86. The summed E-state index contributed by atoms with van der Waals surface area (Å²) in [7, 11) is 0. The number of nitrogens with one attached hydrogen (secondary N) is 2. The number of benzene rings is 1. The minimum absolute atomic E-state index is 0.173. The number of fused-ring (bicyclic) bond motifs is 1. The third-order valence-electron chi connectivity index (χ3n) is 3.83. The molecule has 0 spiro atoms. The number of rotatable bonds is 2. The van der Waals surface area contributed by atoms with Crippen LogP contribution in [0.1, 0.15) is 36.0 Å². The van der Waals surface area contributed by atoms with E-state index in [-0.39, 0.29) is 11.6 Å². The topological polar surface area (TPSA) is 41.1 Å². The second-order valence-corrected chi connectivity index (χ2v) is 5.22. The Bertz CT molecular complexity index is 511. The van der Waals surface area contributed by atoms with Crippen LogP contribution in [0.3, 0.4) is 0 Å². The van der Waals surface area contributed by atoms with Gasteiger partial charge in [0.2, 0.25) is 0 Å². The number of carbonyl (C=O) groups excluding carboxylic acids is 1. The van der Waals surface area contributed by atoms with E-state index in [2.05, 4.69) is 10.6 Å². The molecule has 1 saturated carbocycles. The lowest BCUT2D eigenvalue weighted by molar-refractivity contribution is 0.104. The van der Waals surface area contributed by atoms with Crippen molar-refractivity contribution in [2.75, 3.05) is 0 Å². The average molecular weight is 260 g/mol. The molecule has 1 saturated heterocycles. The van der Waals surface area contributed by atoms with E-state index in [9.17, 15) is 9.18 Å². The van der Waals surface area contributed by atoms with Crippen LogP contribution in [0.4, 0.5) is 4.39 Å². The zero-order valence-corrected chi connectivity index (χ0v) is 10.7. The summed E-state index contributed by atoms with van der Waals surface area (Å²) in [5.74, 6) is 0.213. The summed E-state index contributed by atoms with van der Waals surface area (Å²) in [6.07, 6.45) is 6.29. The Morgan fingerprint density at radius 1 is 1.21 bits per heavy atom. The van der Waals surface area contributed by atoms with Crippen molar-refractivity contribution in [3.8, 4) is 0 Å². The van der Waals surface area contributed by atoms with Gasteiger partial charge in [0.25, 0.3) is 0 Å². The van der Waals surface area contributed by atoms with E-state index in [1.165, 1.54) is 31.1 Å². The van der Waals surface area contributed by atoms with Crippen LogP contribution in [0.25, 0.3) is 0 Å². The first-order valence-electron chi connectivity index (χ1n) is 6.77. The van der Waals surface area contributed by atoms with Crippen LogP contribution < -0.4 is 10.6 Å². The normalized spacial score (nSPS) is 25.2. The van der Waals surface area contributed by atoms with Crippen LogP contribution in [0.2, 0.25) is 0 Å². The molecule has 0 radical (unpaired) electrons. The fourth-order valence-corrected chi connectivity index (χ4v) is 2.86. The number of hydrogen-bond acceptors (Lipinski definition) is 3. The van der Waals surface area contributed by atoms with Gasteiger partial charge in [0.1, 0.15) is 11.6 Å². The van der Waals surface area contributed by atoms with Crippen LogP contribution >= 0.6 is 0 Å². The van der Waals surface area contributed by atoms with Gasteiger partial charge in [0, 0.05) is 23.7 Å². The van der Waals surface area contributed by atoms with Crippen molar-refractivity contribution >= 4 is 5.78 Å². The van der Waals surface area contributed by atoms with Gasteiger partial charge >= 0.3 is 0 Å². The van der Waals surface area contributed by atoms with Gasteiger partial charge in [-0.05, 0) is 25.0 Å². The molecule has 3 nitrogen and oxygen atoms in total. The summed E-state index contributed by atoms with van der Waals surface area (Å²) >= 11 is 0. The zero-order valence-electron chi connectivity index (χ0n) is 10.7.